The average molecular weight is 461 g/mol. The zero-order valence-corrected chi connectivity index (χ0v) is 18.4. The lowest BCUT2D eigenvalue weighted by Crippen LogP contribution is -2.41. The minimum Gasteiger partial charge on any atom is -0.496 e. The lowest BCUT2D eigenvalue weighted by molar-refractivity contribution is -0.128. The molecule has 0 atom stereocenters. The van der Waals surface area contributed by atoms with Crippen LogP contribution < -0.4 is 9.04 Å². The van der Waals surface area contributed by atoms with Gasteiger partial charge in [0.15, 0.2) is 0 Å². The van der Waals surface area contributed by atoms with Gasteiger partial charge in [0.05, 0.1) is 17.7 Å². The number of para-hydroxylation sites is 1. The Kier molecular flexibility index (Phi) is 7.09. The second-order valence-electron chi connectivity index (χ2n) is 7.00. The van der Waals surface area contributed by atoms with Crippen LogP contribution in [0.4, 0.5) is 14.5 Å². The van der Waals surface area contributed by atoms with Crippen LogP contribution >= 0.6 is 0 Å². The van der Waals surface area contributed by atoms with Gasteiger partial charge < -0.3 is 9.64 Å². The fraction of sp³-hybridized carbons (Fsp3) is 0.174. The molecule has 168 valence electrons. The lowest BCUT2D eigenvalue weighted by atomic mass is 10.2. The fourth-order valence-electron chi connectivity index (χ4n) is 3.08. The molecule has 9 heteroatoms. The average Bonchev–Trinajstić information content (AvgIpc) is 2.78. The van der Waals surface area contributed by atoms with Gasteiger partial charge in [-0.2, -0.15) is 0 Å². The first-order valence-electron chi connectivity index (χ1n) is 9.62. The second kappa shape index (κ2) is 9.78. The SMILES string of the molecule is COc1ccccc1CN(C)C(=O)CN(c1ccc(F)cc1)S(=O)(=O)c1ccc(F)cc1. The van der Waals surface area contributed by atoms with Gasteiger partial charge in [-0.15, -0.1) is 0 Å². The van der Waals surface area contributed by atoms with Crippen LogP contribution in [0.1, 0.15) is 5.56 Å². The predicted octanol–water partition coefficient (Wildman–Crippen LogP) is 3.83. The number of likely N-dealkylation sites (N-methyl/N-ethyl adjacent to an activating group) is 1. The van der Waals surface area contributed by atoms with Crippen LogP contribution in [0, 0.1) is 11.6 Å². The zero-order valence-electron chi connectivity index (χ0n) is 17.5. The molecule has 0 aliphatic carbocycles. The molecule has 0 spiro atoms. The predicted molar refractivity (Wildman–Crippen MR) is 117 cm³/mol. The summed E-state index contributed by atoms with van der Waals surface area (Å²) in [7, 11) is -1.16. The number of rotatable bonds is 8. The minimum atomic E-state index is -4.23. The highest BCUT2D eigenvalue weighted by molar-refractivity contribution is 7.92. The maximum Gasteiger partial charge on any atom is 0.264 e. The van der Waals surface area contributed by atoms with Gasteiger partial charge in [-0.05, 0) is 54.6 Å². The molecule has 3 aromatic carbocycles. The Morgan fingerprint density at radius 2 is 1.47 bits per heavy atom. The van der Waals surface area contributed by atoms with Gasteiger partial charge in [-0.25, -0.2) is 17.2 Å². The summed E-state index contributed by atoms with van der Waals surface area (Å²) in [6, 6.07) is 16.2. The number of benzene rings is 3. The molecule has 0 saturated heterocycles. The van der Waals surface area contributed by atoms with Crippen molar-refractivity contribution in [2.45, 2.75) is 11.4 Å². The smallest absolute Gasteiger partial charge is 0.264 e. The fourth-order valence-corrected chi connectivity index (χ4v) is 4.49. The maximum atomic E-state index is 13.4. The van der Waals surface area contributed by atoms with Crippen molar-refractivity contribution in [3.8, 4) is 5.75 Å². The van der Waals surface area contributed by atoms with Crippen molar-refractivity contribution < 1.29 is 26.7 Å². The van der Waals surface area contributed by atoms with Crippen LogP contribution in [0.15, 0.2) is 77.7 Å². The van der Waals surface area contributed by atoms with E-state index in [1.807, 2.05) is 0 Å². The molecule has 32 heavy (non-hydrogen) atoms. The molecule has 0 radical (unpaired) electrons. The van der Waals surface area contributed by atoms with E-state index in [1.54, 1.807) is 31.3 Å². The molecule has 0 aliphatic heterocycles. The van der Waals surface area contributed by atoms with Crippen molar-refractivity contribution >= 4 is 21.6 Å². The normalized spacial score (nSPS) is 11.1. The molecule has 0 bridgehead atoms. The molecule has 6 nitrogen and oxygen atoms in total. The molecule has 0 aliphatic rings. The van der Waals surface area contributed by atoms with Crippen molar-refractivity contribution in [3.05, 3.63) is 90.0 Å². The first kappa shape index (κ1) is 23.2. The number of methoxy groups -OCH3 is 1. The van der Waals surface area contributed by atoms with Gasteiger partial charge in [0.1, 0.15) is 23.9 Å². The Labute approximate surface area is 185 Å². The van der Waals surface area contributed by atoms with Gasteiger partial charge in [0.2, 0.25) is 5.91 Å². The van der Waals surface area contributed by atoms with Crippen LogP contribution in [0.3, 0.4) is 0 Å². The van der Waals surface area contributed by atoms with Gasteiger partial charge in [-0.1, -0.05) is 18.2 Å². The van der Waals surface area contributed by atoms with Gasteiger partial charge >= 0.3 is 0 Å². The number of amides is 1. The van der Waals surface area contributed by atoms with Crippen molar-refractivity contribution in [2.24, 2.45) is 0 Å². The number of halogens is 2. The summed E-state index contributed by atoms with van der Waals surface area (Å²) in [5, 5.41) is 0. The summed E-state index contributed by atoms with van der Waals surface area (Å²) < 4.78 is 59.4. The third-order valence-electron chi connectivity index (χ3n) is 4.82. The number of carbonyl (C=O) groups excluding carboxylic acids is 1. The highest BCUT2D eigenvalue weighted by atomic mass is 32.2. The standard InChI is InChI=1S/C23H22F2N2O4S/c1-26(15-17-5-3-4-6-22(17)31-2)23(28)16-27(20-11-7-18(24)8-12-20)32(29,30)21-13-9-19(25)10-14-21/h3-14H,15-16H2,1-2H3. The number of ether oxygens (including phenoxy) is 1. The van der Waals surface area contributed by atoms with E-state index in [0.29, 0.717) is 5.75 Å². The van der Waals surface area contributed by atoms with E-state index in [4.69, 9.17) is 4.74 Å². The van der Waals surface area contributed by atoms with Gasteiger partial charge in [-0.3, -0.25) is 9.10 Å². The summed E-state index contributed by atoms with van der Waals surface area (Å²) in [5.74, 6) is -1.04. The molecule has 0 N–H and O–H groups in total. The Morgan fingerprint density at radius 3 is 2.06 bits per heavy atom. The Morgan fingerprint density at radius 1 is 0.906 bits per heavy atom. The molecule has 0 unspecified atom stereocenters. The zero-order chi connectivity index (χ0) is 23.3. The van der Waals surface area contributed by atoms with Crippen molar-refractivity contribution in [1.82, 2.24) is 4.90 Å². The number of hydrogen-bond donors (Lipinski definition) is 0. The van der Waals surface area contributed by atoms with Crippen molar-refractivity contribution in [2.75, 3.05) is 25.0 Å². The highest BCUT2D eigenvalue weighted by Gasteiger charge is 2.28. The topological polar surface area (TPSA) is 66.9 Å². The third kappa shape index (κ3) is 5.23. The third-order valence-corrected chi connectivity index (χ3v) is 6.61. The Balaban J connectivity index is 1.90. The molecule has 0 saturated carbocycles. The Hall–Kier alpha value is -3.46. The number of carbonyl (C=O) groups is 1. The van der Waals surface area contributed by atoms with Gasteiger partial charge in [0, 0.05) is 19.2 Å². The first-order chi connectivity index (χ1) is 15.2. The summed E-state index contributed by atoms with van der Waals surface area (Å²) >= 11 is 0. The van der Waals surface area contributed by atoms with E-state index < -0.39 is 34.1 Å². The summed E-state index contributed by atoms with van der Waals surface area (Å²) in [4.78, 5) is 14.2. The van der Waals surface area contributed by atoms with Crippen LogP contribution in [0.25, 0.3) is 0 Å². The first-order valence-corrected chi connectivity index (χ1v) is 11.1. The molecule has 0 heterocycles. The molecule has 0 fully saturated rings. The van der Waals surface area contributed by atoms with Crippen LogP contribution in [0.5, 0.6) is 5.75 Å². The van der Waals surface area contributed by atoms with Crippen molar-refractivity contribution in [1.29, 1.82) is 0 Å². The van der Waals surface area contributed by atoms with Crippen LogP contribution in [0.2, 0.25) is 0 Å². The van der Waals surface area contributed by atoms with Crippen LogP contribution in [-0.2, 0) is 21.4 Å². The largest absolute Gasteiger partial charge is 0.496 e. The molecular formula is C23H22F2N2O4S. The van der Waals surface area contributed by atoms with Crippen LogP contribution in [-0.4, -0.2) is 39.9 Å². The molecular weight excluding hydrogens is 438 g/mol. The molecule has 1 amide bonds. The summed E-state index contributed by atoms with van der Waals surface area (Å²) in [6.07, 6.45) is 0. The minimum absolute atomic E-state index is 0.106. The van der Waals surface area contributed by atoms with Gasteiger partial charge in [0.25, 0.3) is 10.0 Å². The van der Waals surface area contributed by atoms with E-state index in [0.717, 1.165) is 46.3 Å². The number of nitrogens with zero attached hydrogens (tertiary/aromatic N) is 2. The number of anilines is 1. The molecule has 3 aromatic rings. The quantitative estimate of drug-likeness (QED) is 0.513. The monoisotopic (exact) mass is 460 g/mol. The number of hydrogen-bond acceptors (Lipinski definition) is 4. The molecule has 3 rings (SSSR count). The van der Waals surface area contributed by atoms with E-state index >= 15 is 0 Å². The van der Waals surface area contributed by atoms with E-state index in [-0.39, 0.29) is 17.1 Å². The second-order valence-corrected chi connectivity index (χ2v) is 8.87. The highest BCUT2D eigenvalue weighted by Crippen LogP contribution is 2.25. The van der Waals surface area contributed by atoms with Crippen molar-refractivity contribution in [3.63, 3.8) is 0 Å². The maximum absolute atomic E-state index is 13.4. The number of sulfonamides is 1. The van der Waals surface area contributed by atoms with E-state index in [1.165, 1.54) is 24.1 Å². The molecule has 0 aromatic heterocycles. The Bertz CT molecular complexity index is 1180. The van der Waals surface area contributed by atoms with E-state index in [9.17, 15) is 22.0 Å². The lowest BCUT2D eigenvalue weighted by Gasteiger charge is -2.27. The summed E-state index contributed by atoms with van der Waals surface area (Å²) in [5.41, 5.74) is 0.857. The van der Waals surface area contributed by atoms with E-state index in [2.05, 4.69) is 0 Å². The summed E-state index contributed by atoms with van der Waals surface area (Å²) in [6.45, 7) is -0.340.